The van der Waals surface area contributed by atoms with E-state index in [9.17, 15) is 5.11 Å². The molecule has 0 saturated heterocycles. The van der Waals surface area contributed by atoms with Crippen molar-refractivity contribution in [3.8, 4) is 5.75 Å². The molecule has 0 spiro atoms. The van der Waals surface area contributed by atoms with Crippen molar-refractivity contribution in [3.63, 3.8) is 0 Å². The molecule has 0 bridgehead atoms. The molecule has 1 heteroatoms. The quantitative estimate of drug-likeness (QED) is 0.772. The Balaban J connectivity index is 3.10. The molecule has 0 aliphatic rings. The van der Waals surface area contributed by atoms with Crippen LogP contribution < -0.4 is 0 Å². The van der Waals surface area contributed by atoms with Gasteiger partial charge < -0.3 is 5.11 Å². The standard InChI is InChI=1S/C13H20O/c1-5-8-13(3,4)11-9-10(2)6-7-12(11)14/h6-7,9,14H,5,8H2,1-4H3. The summed E-state index contributed by atoms with van der Waals surface area (Å²) in [5.74, 6) is 0.425. The van der Waals surface area contributed by atoms with E-state index < -0.39 is 0 Å². The van der Waals surface area contributed by atoms with Crippen molar-refractivity contribution in [1.29, 1.82) is 0 Å². The van der Waals surface area contributed by atoms with E-state index in [1.807, 2.05) is 6.07 Å². The summed E-state index contributed by atoms with van der Waals surface area (Å²) in [6, 6.07) is 5.83. The summed E-state index contributed by atoms with van der Waals surface area (Å²) in [4.78, 5) is 0. The van der Waals surface area contributed by atoms with Gasteiger partial charge in [0.2, 0.25) is 0 Å². The van der Waals surface area contributed by atoms with Crippen molar-refractivity contribution in [2.45, 2.75) is 46.0 Å². The highest BCUT2D eigenvalue weighted by Gasteiger charge is 2.22. The van der Waals surface area contributed by atoms with Crippen LogP contribution in [0.1, 0.15) is 44.7 Å². The Hall–Kier alpha value is -0.980. The minimum Gasteiger partial charge on any atom is -0.508 e. The zero-order valence-electron chi connectivity index (χ0n) is 9.59. The van der Waals surface area contributed by atoms with E-state index in [4.69, 9.17) is 0 Å². The second kappa shape index (κ2) is 4.04. The molecule has 0 atom stereocenters. The SMILES string of the molecule is CCCC(C)(C)c1cc(C)ccc1O. The van der Waals surface area contributed by atoms with Crippen molar-refractivity contribution >= 4 is 0 Å². The molecule has 0 aliphatic carbocycles. The van der Waals surface area contributed by atoms with Crippen LogP contribution in [0.25, 0.3) is 0 Å². The van der Waals surface area contributed by atoms with Gasteiger partial charge in [-0.1, -0.05) is 44.9 Å². The number of phenols is 1. The molecule has 1 rings (SSSR count). The van der Waals surface area contributed by atoms with Gasteiger partial charge >= 0.3 is 0 Å². The minimum atomic E-state index is 0.0743. The summed E-state index contributed by atoms with van der Waals surface area (Å²) in [5.41, 5.74) is 2.35. The fourth-order valence-electron chi connectivity index (χ4n) is 1.95. The molecule has 0 unspecified atom stereocenters. The molecule has 1 aromatic carbocycles. The van der Waals surface area contributed by atoms with Crippen LogP contribution in [0.5, 0.6) is 5.75 Å². The first-order valence-corrected chi connectivity index (χ1v) is 5.27. The van der Waals surface area contributed by atoms with Gasteiger partial charge in [-0.25, -0.2) is 0 Å². The first-order chi connectivity index (χ1) is 6.47. The Morgan fingerprint density at radius 1 is 1.29 bits per heavy atom. The third-order valence-electron chi connectivity index (χ3n) is 2.76. The molecule has 1 nitrogen and oxygen atoms in total. The molecule has 0 radical (unpaired) electrons. The molecule has 1 aromatic rings. The molecular weight excluding hydrogens is 172 g/mol. The number of aromatic hydroxyl groups is 1. The van der Waals surface area contributed by atoms with E-state index in [1.165, 1.54) is 5.56 Å². The highest BCUT2D eigenvalue weighted by molar-refractivity contribution is 5.40. The largest absolute Gasteiger partial charge is 0.508 e. The van der Waals surface area contributed by atoms with Gasteiger partial charge in [0.05, 0.1) is 0 Å². The van der Waals surface area contributed by atoms with Gasteiger partial charge in [0.25, 0.3) is 0 Å². The summed E-state index contributed by atoms with van der Waals surface area (Å²) in [7, 11) is 0. The summed E-state index contributed by atoms with van der Waals surface area (Å²) in [6.07, 6.45) is 2.24. The molecule has 1 N–H and O–H groups in total. The predicted octanol–water partition coefficient (Wildman–Crippen LogP) is 3.78. The van der Waals surface area contributed by atoms with E-state index in [0.717, 1.165) is 18.4 Å². The van der Waals surface area contributed by atoms with Gasteiger partial charge in [-0.2, -0.15) is 0 Å². The smallest absolute Gasteiger partial charge is 0.119 e. The Bertz CT molecular complexity index is 313. The van der Waals surface area contributed by atoms with Crippen LogP contribution in [-0.2, 0) is 5.41 Å². The van der Waals surface area contributed by atoms with Crippen LogP contribution in [0, 0.1) is 6.92 Å². The van der Waals surface area contributed by atoms with E-state index in [0.29, 0.717) is 5.75 Å². The number of rotatable bonds is 3. The lowest BCUT2D eigenvalue weighted by Gasteiger charge is -2.25. The third kappa shape index (κ3) is 2.28. The number of hydrogen-bond acceptors (Lipinski definition) is 1. The fourth-order valence-corrected chi connectivity index (χ4v) is 1.95. The van der Waals surface area contributed by atoms with Crippen LogP contribution in [-0.4, -0.2) is 5.11 Å². The molecule has 0 amide bonds. The minimum absolute atomic E-state index is 0.0743. The van der Waals surface area contributed by atoms with Gasteiger partial charge in [0.1, 0.15) is 5.75 Å². The molecule has 0 saturated carbocycles. The van der Waals surface area contributed by atoms with Crippen molar-refractivity contribution in [2.24, 2.45) is 0 Å². The van der Waals surface area contributed by atoms with Gasteiger partial charge in [-0.15, -0.1) is 0 Å². The van der Waals surface area contributed by atoms with Gasteiger partial charge in [0.15, 0.2) is 0 Å². The number of hydrogen-bond donors (Lipinski definition) is 1. The molecule has 0 heterocycles. The molecule has 14 heavy (non-hydrogen) atoms. The summed E-state index contributed by atoms with van der Waals surface area (Å²) >= 11 is 0. The van der Waals surface area contributed by atoms with Gasteiger partial charge in [-0.05, 0) is 30.4 Å². The highest BCUT2D eigenvalue weighted by Crippen LogP contribution is 2.34. The molecule has 0 aliphatic heterocycles. The maximum absolute atomic E-state index is 9.80. The van der Waals surface area contributed by atoms with Crippen molar-refractivity contribution < 1.29 is 5.11 Å². The second-order valence-electron chi connectivity index (χ2n) is 4.65. The second-order valence-corrected chi connectivity index (χ2v) is 4.65. The lowest BCUT2D eigenvalue weighted by atomic mass is 9.79. The van der Waals surface area contributed by atoms with E-state index in [2.05, 4.69) is 33.8 Å². The Morgan fingerprint density at radius 2 is 1.93 bits per heavy atom. The van der Waals surface area contributed by atoms with Crippen molar-refractivity contribution in [3.05, 3.63) is 29.3 Å². The molecule has 78 valence electrons. The fraction of sp³-hybridized carbons (Fsp3) is 0.538. The van der Waals surface area contributed by atoms with E-state index >= 15 is 0 Å². The topological polar surface area (TPSA) is 20.2 Å². The maximum atomic E-state index is 9.80. The average molecular weight is 192 g/mol. The van der Waals surface area contributed by atoms with E-state index in [-0.39, 0.29) is 5.41 Å². The van der Waals surface area contributed by atoms with E-state index in [1.54, 1.807) is 6.07 Å². The Labute approximate surface area is 86.8 Å². The zero-order valence-corrected chi connectivity index (χ0v) is 9.59. The van der Waals surface area contributed by atoms with Crippen LogP contribution >= 0.6 is 0 Å². The Kier molecular flexibility index (Phi) is 3.20. The maximum Gasteiger partial charge on any atom is 0.119 e. The normalized spacial score (nSPS) is 11.7. The monoisotopic (exact) mass is 192 g/mol. The summed E-state index contributed by atoms with van der Waals surface area (Å²) in [6.45, 7) is 8.61. The summed E-state index contributed by atoms with van der Waals surface area (Å²) < 4.78 is 0. The zero-order chi connectivity index (χ0) is 10.8. The third-order valence-corrected chi connectivity index (χ3v) is 2.76. The number of benzene rings is 1. The first-order valence-electron chi connectivity index (χ1n) is 5.27. The number of aryl methyl sites for hydroxylation is 1. The Morgan fingerprint density at radius 3 is 2.50 bits per heavy atom. The summed E-state index contributed by atoms with van der Waals surface area (Å²) in [5, 5.41) is 9.80. The van der Waals surface area contributed by atoms with Crippen molar-refractivity contribution in [2.75, 3.05) is 0 Å². The van der Waals surface area contributed by atoms with Crippen molar-refractivity contribution in [1.82, 2.24) is 0 Å². The van der Waals surface area contributed by atoms with Gasteiger partial charge in [-0.3, -0.25) is 0 Å². The van der Waals surface area contributed by atoms with Crippen LogP contribution in [0.3, 0.4) is 0 Å². The molecule has 0 aromatic heterocycles. The van der Waals surface area contributed by atoms with Crippen LogP contribution in [0.2, 0.25) is 0 Å². The molecule has 0 fully saturated rings. The lowest BCUT2D eigenvalue weighted by molar-refractivity contribution is 0.417. The highest BCUT2D eigenvalue weighted by atomic mass is 16.3. The lowest BCUT2D eigenvalue weighted by Crippen LogP contribution is -2.16. The predicted molar refractivity (Wildman–Crippen MR) is 60.8 cm³/mol. The number of phenolic OH excluding ortho intramolecular Hbond substituents is 1. The van der Waals surface area contributed by atoms with Crippen LogP contribution in [0.4, 0.5) is 0 Å². The van der Waals surface area contributed by atoms with Gasteiger partial charge in [0, 0.05) is 0 Å². The molecular formula is C13H20O. The first kappa shape index (κ1) is 11.1. The average Bonchev–Trinajstić information content (AvgIpc) is 2.09. The van der Waals surface area contributed by atoms with Crippen LogP contribution in [0.15, 0.2) is 18.2 Å².